The minimum Gasteiger partial charge on any atom is -0.494 e. The van der Waals surface area contributed by atoms with Crippen molar-refractivity contribution in [3.63, 3.8) is 0 Å². The first-order chi connectivity index (χ1) is 9.88. The van der Waals surface area contributed by atoms with Crippen LogP contribution in [0.5, 0.6) is 5.75 Å². The molecule has 1 aliphatic rings. The average Bonchev–Trinajstić information content (AvgIpc) is 2.46. The molecule has 2 rings (SSSR count). The monoisotopic (exact) mass is 293 g/mol. The molecule has 3 heteroatoms. The summed E-state index contributed by atoms with van der Waals surface area (Å²) in [6.07, 6.45) is 3.28. The van der Waals surface area contributed by atoms with E-state index < -0.39 is 0 Å². The first kappa shape index (κ1) is 16.3. The van der Waals surface area contributed by atoms with Crippen LogP contribution >= 0.6 is 0 Å². The molecule has 118 valence electrons. The third-order valence-electron chi connectivity index (χ3n) is 5.13. The molecule has 3 atom stereocenters. The van der Waals surface area contributed by atoms with Crippen LogP contribution in [0.2, 0.25) is 0 Å². The molecule has 1 aromatic rings. The summed E-state index contributed by atoms with van der Waals surface area (Å²) in [5, 5.41) is 0. The summed E-state index contributed by atoms with van der Waals surface area (Å²) in [6, 6.07) is 5.46. The lowest BCUT2D eigenvalue weighted by Crippen LogP contribution is -2.34. The van der Waals surface area contributed by atoms with Crippen molar-refractivity contribution in [2.75, 3.05) is 13.7 Å². The van der Waals surface area contributed by atoms with Crippen molar-refractivity contribution < 1.29 is 9.13 Å². The average molecular weight is 293 g/mol. The van der Waals surface area contributed by atoms with Crippen LogP contribution in [0.1, 0.15) is 51.5 Å². The molecule has 0 bridgehead atoms. The zero-order valence-electron chi connectivity index (χ0n) is 13.7. The molecule has 0 aliphatic heterocycles. The van der Waals surface area contributed by atoms with Crippen LogP contribution in [-0.2, 0) is 0 Å². The van der Waals surface area contributed by atoms with Gasteiger partial charge in [-0.3, -0.25) is 0 Å². The van der Waals surface area contributed by atoms with E-state index in [1.807, 2.05) is 12.1 Å². The van der Waals surface area contributed by atoms with E-state index in [-0.39, 0.29) is 17.2 Å². The van der Waals surface area contributed by atoms with Gasteiger partial charge in [-0.15, -0.1) is 0 Å². The maximum absolute atomic E-state index is 14.6. The predicted octanol–water partition coefficient (Wildman–Crippen LogP) is 4.34. The molecule has 0 heterocycles. The van der Waals surface area contributed by atoms with Gasteiger partial charge in [0.05, 0.1) is 7.11 Å². The number of halogens is 1. The van der Waals surface area contributed by atoms with Gasteiger partial charge in [0.1, 0.15) is 0 Å². The first-order valence-corrected chi connectivity index (χ1v) is 7.91. The van der Waals surface area contributed by atoms with Gasteiger partial charge in [0.2, 0.25) is 0 Å². The van der Waals surface area contributed by atoms with Crippen molar-refractivity contribution in [1.82, 2.24) is 0 Å². The van der Waals surface area contributed by atoms with Gasteiger partial charge in [0.25, 0.3) is 0 Å². The lowest BCUT2D eigenvalue weighted by atomic mass is 9.64. The highest BCUT2D eigenvalue weighted by Crippen LogP contribution is 2.47. The minimum absolute atomic E-state index is 0.197. The van der Waals surface area contributed by atoms with Gasteiger partial charge in [0.15, 0.2) is 11.6 Å². The second kappa shape index (κ2) is 6.35. The van der Waals surface area contributed by atoms with Crippen molar-refractivity contribution in [2.24, 2.45) is 23.0 Å². The predicted molar refractivity (Wildman–Crippen MR) is 85.0 cm³/mol. The molecule has 1 aliphatic carbocycles. The summed E-state index contributed by atoms with van der Waals surface area (Å²) in [5.41, 5.74) is 6.99. The van der Waals surface area contributed by atoms with E-state index in [9.17, 15) is 4.39 Å². The molecule has 1 aromatic carbocycles. The molecule has 0 saturated heterocycles. The molecule has 0 radical (unpaired) electrons. The Morgan fingerprint density at radius 2 is 2.00 bits per heavy atom. The standard InChI is InChI=1S/C18H28FNO/c1-18(2,3)13-9-8-12(11-20)15(10-13)14-6-5-7-16(21-4)17(14)19/h5-7,12-13,15H,8-11,20H2,1-4H3. The summed E-state index contributed by atoms with van der Waals surface area (Å²) < 4.78 is 19.8. The Morgan fingerprint density at radius 1 is 1.29 bits per heavy atom. The minimum atomic E-state index is -0.210. The van der Waals surface area contributed by atoms with E-state index in [2.05, 4.69) is 20.8 Å². The van der Waals surface area contributed by atoms with E-state index >= 15 is 0 Å². The number of hydrogen-bond acceptors (Lipinski definition) is 2. The lowest BCUT2D eigenvalue weighted by Gasteiger charge is -2.42. The summed E-state index contributed by atoms with van der Waals surface area (Å²) >= 11 is 0. The number of benzene rings is 1. The molecular weight excluding hydrogens is 265 g/mol. The third kappa shape index (κ3) is 3.39. The summed E-state index contributed by atoms with van der Waals surface area (Å²) in [5.74, 6) is 1.29. The third-order valence-corrected chi connectivity index (χ3v) is 5.13. The summed E-state index contributed by atoms with van der Waals surface area (Å²) in [6.45, 7) is 7.45. The molecule has 0 amide bonds. The fraction of sp³-hybridized carbons (Fsp3) is 0.667. The molecule has 1 saturated carbocycles. The summed E-state index contributed by atoms with van der Waals surface area (Å²) in [4.78, 5) is 0. The van der Waals surface area contributed by atoms with E-state index in [0.717, 1.165) is 18.4 Å². The van der Waals surface area contributed by atoms with Gasteiger partial charge in [-0.05, 0) is 60.6 Å². The largest absolute Gasteiger partial charge is 0.494 e. The molecule has 0 spiro atoms. The van der Waals surface area contributed by atoms with Crippen LogP contribution < -0.4 is 10.5 Å². The highest BCUT2D eigenvalue weighted by molar-refractivity contribution is 5.34. The van der Waals surface area contributed by atoms with Crippen molar-refractivity contribution >= 4 is 0 Å². The Balaban J connectivity index is 2.33. The quantitative estimate of drug-likeness (QED) is 0.899. The van der Waals surface area contributed by atoms with E-state index in [4.69, 9.17) is 10.5 Å². The van der Waals surface area contributed by atoms with Gasteiger partial charge in [-0.1, -0.05) is 32.9 Å². The Labute approximate surface area is 127 Å². The Morgan fingerprint density at radius 3 is 2.57 bits per heavy atom. The number of nitrogens with two attached hydrogens (primary N) is 1. The number of hydrogen-bond donors (Lipinski definition) is 1. The molecular formula is C18H28FNO. The van der Waals surface area contributed by atoms with E-state index in [1.165, 1.54) is 13.5 Å². The van der Waals surface area contributed by atoms with Gasteiger partial charge < -0.3 is 10.5 Å². The topological polar surface area (TPSA) is 35.2 Å². The smallest absolute Gasteiger partial charge is 0.168 e. The van der Waals surface area contributed by atoms with Crippen LogP contribution in [0.3, 0.4) is 0 Å². The summed E-state index contributed by atoms with van der Waals surface area (Å²) in [7, 11) is 1.52. The zero-order chi connectivity index (χ0) is 15.6. The molecule has 21 heavy (non-hydrogen) atoms. The van der Waals surface area contributed by atoms with E-state index in [0.29, 0.717) is 24.1 Å². The second-order valence-corrected chi connectivity index (χ2v) is 7.34. The van der Waals surface area contributed by atoms with Crippen molar-refractivity contribution in [1.29, 1.82) is 0 Å². The number of methoxy groups -OCH3 is 1. The SMILES string of the molecule is COc1cccc(C2CC(C(C)(C)C)CCC2CN)c1F. The van der Waals surface area contributed by atoms with Crippen molar-refractivity contribution in [3.05, 3.63) is 29.6 Å². The normalized spacial score (nSPS) is 26.7. The number of rotatable bonds is 3. The van der Waals surface area contributed by atoms with Crippen LogP contribution in [0.15, 0.2) is 18.2 Å². The van der Waals surface area contributed by atoms with Crippen molar-refractivity contribution in [2.45, 2.75) is 46.0 Å². The number of ether oxygens (including phenoxy) is 1. The van der Waals surface area contributed by atoms with Gasteiger partial charge in [0, 0.05) is 0 Å². The second-order valence-electron chi connectivity index (χ2n) is 7.34. The van der Waals surface area contributed by atoms with Crippen LogP contribution in [0.4, 0.5) is 4.39 Å². The fourth-order valence-electron chi connectivity index (χ4n) is 3.65. The Hall–Kier alpha value is -1.09. The highest BCUT2D eigenvalue weighted by atomic mass is 19.1. The molecule has 2 nitrogen and oxygen atoms in total. The zero-order valence-corrected chi connectivity index (χ0v) is 13.7. The molecule has 0 aromatic heterocycles. The van der Waals surface area contributed by atoms with Gasteiger partial charge in [-0.2, -0.15) is 0 Å². The van der Waals surface area contributed by atoms with Crippen molar-refractivity contribution in [3.8, 4) is 5.75 Å². The first-order valence-electron chi connectivity index (χ1n) is 7.91. The van der Waals surface area contributed by atoms with Gasteiger partial charge in [-0.25, -0.2) is 4.39 Å². The maximum atomic E-state index is 14.6. The fourth-order valence-corrected chi connectivity index (χ4v) is 3.65. The Kier molecular flexibility index (Phi) is 4.92. The van der Waals surface area contributed by atoms with E-state index in [1.54, 1.807) is 6.07 Å². The van der Waals surface area contributed by atoms with Crippen LogP contribution in [0.25, 0.3) is 0 Å². The molecule has 3 unspecified atom stereocenters. The Bertz CT molecular complexity index is 481. The molecule has 2 N–H and O–H groups in total. The highest BCUT2D eigenvalue weighted by Gasteiger charge is 2.37. The van der Waals surface area contributed by atoms with Gasteiger partial charge >= 0.3 is 0 Å². The van der Waals surface area contributed by atoms with Crippen LogP contribution in [0, 0.1) is 23.1 Å². The molecule has 1 fully saturated rings. The lowest BCUT2D eigenvalue weighted by molar-refractivity contribution is 0.131. The maximum Gasteiger partial charge on any atom is 0.168 e. The van der Waals surface area contributed by atoms with Crippen LogP contribution in [-0.4, -0.2) is 13.7 Å².